The van der Waals surface area contributed by atoms with Gasteiger partial charge in [-0.2, -0.15) is 0 Å². The van der Waals surface area contributed by atoms with E-state index in [9.17, 15) is 34.1 Å². The van der Waals surface area contributed by atoms with E-state index in [0.717, 1.165) is 0 Å². The van der Waals surface area contributed by atoms with Crippen molar-refractivity contribution in [3.8, 4) is 0 Å². The molecule has 0 radical (unpaired) electrons. The van der Waals surface area contributed by atoms with Crippen LogP contribution in [0.3, 0.4) is 0 Å². The molecule has 11 heteroatoms. The van der Waals surface area contributed by atoms with E-state index >= 15 is 0 Å². The Bertz CT molecular complexity index is 287. The molecule has 2 atom stereocenters. The molecule has 80 valence electrons. The number of hydrogen-bond acceptors (Lipinski definition) is 7. The molecule has 0 saturated heterocycles. The van der Waals surface area contributed by atoms with Crippen molar-refractivity contribution in [1.29, 1.82) is 0 Å². The maximum Gasteiger partial charge on any atom is 1.00 e. The van der Waals surface area contributed by atoms with E-state index in [-0.39, 0.29) is 88.7 Å². The molecule has 7 nitrogen and oxygen atoms in total. The Balaban J connectivity index is -0.000000282. The van der Waals surface area contributed by atoms with Gasteiger partial charge in [-0.25, -0.2) is 4.39 Å². The summed E-state index contributed by atoms with van der Waals surface area (Å²) >= 11 is 0. The third-order valence-electron chi connectivity index (χ3n) is 1.39. The third kappa shape index (κ3) is 8.14. The van der Waals surface area contributed by atoms with Crippen LogP contribution in [0, 0.1) is 0 Å². The van der Waals surface area contributed by atoms with E-state index in [2.05, 4.69) is 0 Å². The number of hydrogen-bond donors (Lipinski definition) is 1. The molecule has 2 unspecified atom stereocenters. The molecule has 0 fully saturated rings. The van der Waals surface area contributed by atoms with E-state index in [1.54, 1.807) is 0 Å². The molecule has 0 amide bonds. The number of carbonyl (C=O) groups is 3. The van der Waals surface area contributed by atoms with E-state index < -0.39 is 36.1 Å². The smallest absolute Gasteiger partial charge is 0.550 e. The van der Waals surface area contributed by atoms with E-state index in [1.807, 2.05) is 0 Å². The second-order valence-electron chi connectivity index (χ2n) is 2.44. The van der Waals surface area contributed by atoms with Crippen LogP contribution in [-0.2, 0) is 14.4 Å². The fraction of sp³-hybridized carbons (Fsp3) is 0.500. The Morgan fingerprint density at radius 1 is 1.12 bits per heavy atom. The predicted molar refractivity (Wildman–Crippen MR) is 29.5 cm³/mol. The van der Waals surface area contributed by atoms with Crippen molar-refractivity contribution < 1.29 is 128 Å². The van der Waals surface area contributed by atoms with E-state index in [4.69, 9.17) is 5.11 Å². The average Bonchev–Trinajstić information content (AvgIpc) is 2.00. The second-order valence-corrected chi connectivity index (χ2v) is 2.44. The number of carbonyl (C=O) groups excluding carboxylic acids is 3. The SMILES string of the molecule is O=C([O-])CC(O)(C(=O)[O-])C(F)C(=O)[O-].[Na+].[Na+].[Na+]. The summed E-state index contributed by atoms with van der Waals surface area (Å²) in [6.45, 7) is 0. The minimum absolute atomic E-state index is 0. The molecular formula is C6H4FNa3O7. The van der Waals surface area contributed by atoms with Crippen LogP contribution in [-0.4, -0.2) is 34.8 Å². The maximum atomic E-state index is 12.6. The number of aliphatic carboxylic acids is 3. The summed E-state index contributed by atoms with van der Waals surface area (Å²) in [4.78, 5) is 29.9. The number of carboxylic acid groups (broad SMARTS) is 3. The summed E-state index contributed by atoms with van der Waals surface area (Å²) in [6, 6.07) is 0. The molecule has 0 rings (SSSR count). The Morgan fingerprint density at radius 2 is 1.47 bits per heavy atom. The largest absolute Gasteiger partial charge is 1.00 e. The van der Waals surface area contributed by atoms with Gasteiger partial charge >= 0.3 is 88.7 Å². The Morgan fingerprint density at radius 3 is 1.65 bits per heavy atom. The van der Waals surface area contributed by atoms with Gasteiger partial charge in [0.1, 0.15) is 5.60 Å². The third-order valence-corrected chi connectivity index (χ3v) is 1.39. The van der Waals surface area contributed by atoms with E-state index in [0.29, 0.717) is 0 Å². The van der Waals surface area contributed by atoms with Gasteiger partial charge in [0.05, 0.1) is 11.9 Å². The Kier molecular flexibility index (Phi) is 17.6. The molecule has 0 aliphatic heterocycles. The Labute approximate surface area is 162 Å². The van der Waals surface area contributed by atoms with Gasteiger partial charge in [-0.3, -0.25) is 0 Å². The first-order valence-corrected chi connectivity index (χ1v) is 3.20. The zero-order chi connectivity index (χ0) is 11.5. The zero-order valence-corrected chi connectivity index (χ0v) is 15.6. The molecular weight excluding hydrogens is 272 g/mol. The molecule has 0 aromatic carbocycles. The van der Waals surface area contributed by atoms with E-state index in [1.165, 1.54) is 0 Å². The van der Waals surface area contributed by atoms with Crippen LogP contribution >= 0.6 is 0 Å². The van der Waals surface area contributed by atoms with Crippen molar-refractivity contribution in [3.63, 3.8) is 0 Å². The standard InChI is InChI=1S/C6H7FO7.3Na/c7-3(4(10)11)6(14,5(12)13)1-2(8)9;;;/h3,14H,1H2,(H,8,9)(H,10,11)(H,12,13);;;/q;3*+1/p-3. The summed E-state index contributed by atoms with van der Waals surface area (Å²) in [6.07, 6.45) is -5.16. The van der Waals surface area contributed by atoms with Crippen LogP contribution in [0.4, 0.5) is 4.39 Å². The molecule has 17 heavy (non-hydrogen) atoms. The number of aliphatic hydroxyl groups is 1. The molecule has 0 bridgehead atoms. The molecule has 0 saturated carbocycles. The fourth-order valence-electron chi connectivity index (χ4n) is 0.680. The van der Waals surface area contributed by atoms with Crippen molar-refractivity contribution in [2.75, 3.05) is 0 Å². The minimum atomic E-state index is -3.68. The molecule has 1 N–H and O–H groups in total. The number of alkyl halides is 1. The topological polar surface area (TPSA) is 141 Å². The summed E-state index contributed by atoms with van der Waals surface area (Å²) in [5.41, 5.74) is -3.68. The van der Waals surface area contributed by atoms with Crippen LogP contribution in [0.2, 0.25) is 0 Å². The molecule has 0 spiro atoms. The maximum absolute atomic E-state index is 12.6. The first-order valence-electron chi connectivity index (χ1n) is 3.20. The van der Waals surface area contributed by atoms with Crippen molar-refractivity contribution in [2.45, 2.75) is 18.2 Å². The van der Waals surface area contributed by atoms with Gasteiger partial charge < -0.3 is 34.8 Å². The van der Waals surface area contributed by atoms with Gasteiger partial charge in [0.25, 0.3) is 0 Å². The molecule has 0 aliphatic rings. The molecule has 0 aliphatic carbocycles. The first kappa shape index (κ1) is 26.8. The van der Waals surface area contributed by atoms with Crippen LogP contribution in [0.15, 0.2) is 0 Å². The van der Waals surface area contributed by atoms with Crippen molar-refractivity contribution in [1.82, 2.24) is 0 Å². The van der Waals surface area contributed by atoms with Gasteiger partial charge in [-0.05, 0) is 0 Å². The summed E-state index contributed by atoms with van der Waals surface area (Å²) in [7, 11) is 0. The summed E-state index contributed by atoms with van der Waals surface area (Å²) < 4.78 is 12.6. The van der Waals surface area contributed by atoms with Crippen molar-refractivity contribution in [2.24, 2.45) is 0 Å². The van der Waals surface area contributed by atoms with Gasteiger partial charge in [-0.15, -0.1) is 0 Å². The van der Waals surface area contributed by atoms with Gasteiger partial charge in [0, 0.05) is 12.4 Å². The summed E-state index contributed by atoms with van der Waals surface area (Å²) in [5.74, 6) is -7.27. The fourth-order valence-corrected chi connectivity index (χ4v) is 0.680. The first-order chi connectivity index (χ1) is 6.21. The Hall–Kier alpha value is 1.30. The summed E-state index contributed by atoms with van der Waals surface area (Å²) in [5, 5.41) is 38.7. The quantitative estimate of drug-likeness (QED) is 0.491. The minimum Gasteiger partial charge on any atom is -0.550 e. The van der Waals surface area contributed by atoms with Gasteiger partial charge in [-0.1, -0.05) is 0 Å². The average molecular weight is 276 g/mol. The molecule has 0 aromatic rings. The van der Waals surface area contributed by atoms with Crippen molar-refractivity contribution in [3.05, 3.63) is 0 Å². The van der Waals surface area contributed by atoms with Gasteiger partial charge in [0.2, 0.25) is 0 Å². The predicted octanol–water partition coefficient (Wildman–Crippen LogP) is -14.3. The molecule has 0 aromatic heterocycles. The number of rotatable bonds is 5. The van der Waals surface area contributed by atoms with Gasteiger partial charge in [0.15, 0.2) is 6.17 Å². The van der Waals surface area contributed by atoms with Crippen LogP contribution in [0.5, 0.6) is 0 Å². The second kappa shape index (κ2) is 11.2. The molecule has 0 heterocycles. The zero-order valence-electron chi connectivity index (χ0n) is 9.56. The number of halogens is 1. The monoisotopic (exact) mass is 276 g/mol. The number of carboxylic acids is 3. The van der Waals surface area contributed by atoms with Crippen LogP contribution in [0.25, 0.3) is 0 Å². The van der Waals surface area contributed by atoms with Crippen molar-refractivity contribution >= 4 is 17.9 Å². The van der Waals surface area contributed by atoms with Crippen LogP contribution in [0.1, 0.15) is 6.42 Å². The van der Waals surface area contributed by atoms with Crippen LogP contribution < -0.4 is 104 Å². The normalized spacial score (nSPS) is 13.8.